The number of rotatable bonds is 1. The Hall–Kier alpha value is -1.11. The standard InChI is InChI=1S/C11H10ClNO/c12-9-5-4-8-2-1-3-11(13-7-14)10(8)6-9/h4-6,11H,1-3H2. The fourth-order valence-corrected chi connectivity index (χ4v) is 2.12. The van der Waals surface area contributed by atoms with Crippen molar-refractivity contribution < 1.29 is 4.79 Å². The second-order valence-corrected chi connectivity index (χ2v) is 3.91. The van der Waals surface area contributed by atoms with Gasteiger partial charge >= 0.3 is 0 Å². The quantitative estimate of drug-likeness (QED) is 0.514. The zero-order valence-electron chi connectivity index (χ0n) is 7.66. The van der Waals surface area contributed by atoms with Crippen molar-refractivity contribution in [3.05, 3.63) is 34.3 Å². The Bertz CT molecular complexity index is 396. The molecule has 2 rings (SSSR count). The largest absolute Gasteiger partial charge is 0.235 e. The van der Waals surface area contributed by atoms with Crippen LogP contribution in [-0.2, 0) is 11.2 Å². The van der Waals surface area contributed by atoms with Crippen LogP contribution in [0.1, 0.15) is 30.0 Å². The van der Waals surface area contributed by atoms with Crippen LogP contribution in [0.5, 0.6) is 0 Å². The van der Waals surface area contributed by atoms with Crippen LogP contribution in [0.25, 0.3) is 0 Å². The fourth-order valence-electron chi connectivity index (χ4n) is 1.94. The van der Waals surface area contributed by atoms with Crippen molar-refractivity contribution in [2.75, 3.05) is 0 Å². The summed E-state index contributed by atoms with van der Waals surface area (Å²) in [5.41, 5.74) is 2.34. The van der Waals surface area contributed by atoms with Gasteiger partial charge in [0.05, 0.1) is 6.04 Å². The van der Waals surface area contributed by atoms with Crippen LogP contribution in [0.2, 0.25) is 5.02 Å². The molecule has 0 saturated heterocycles. The highest BCUT2D eigenvalue weighted by atomic mass is 35.5. The maximum absolute atomic E-state index is 10.2. The zero-order valence-corrected chi connectivity index (χ0v) is 8.42. The fraction of sp³-hybridized carbons (Fsp3) is 0.364. The number of benzene rings is 1. The number of aliphatic imine (C=N–C) groups is 1. The molecule has 0 aliphatic heterocycles. The molecule has 3 heteroatoms. The van der Waals surface area contributed by atoms with Gasteiger partial charge in [0.2, 0.25) is 6.08 Å². The van der Waals surface area contributed by atoms with Crippen LogP contribution >= 0.6 is 11.6 Å². The lowest BCUT2D eigenvalue weighted by Gasteiger charge is -2.21. The maximum Gasteiger partial charge on any atom is 0.235 e. The molecule has 0 spiro atoms. The molecule has 0 amide bonds. The summed E-state index contributed by atoms with van der Waals surface area (Å²) < 4.78 is 0. The predicted octanol–water partition coefficient (Wildman–Crippen LogP) is 3.05. The van der Waals surface area contributed by atoms with E-state index in [0.717, 1.165) is 24.8 Å². The van der Waals surface area contributed by atoms with Crippen LogP contribution in [0.15, 0.2) is 23.2 Å². The lowest BCUT2D eigenvalue weighted by Crippen LogP contribution is -2.07. The third kappa shape index (κ3) is 1.72. The number of nitrogens with zero attached hydrogens (tertiary/aromatic N) is 1. The van der Waals surface area contributed by atoms with Crippen molar-refractivity contribution in [3.63, 3.8) is 0 Å². The van der Waals surface area contributed by atoms with Gasteiger partial charge in [-0.3, -0.25) is 0 Å². The molecule has 1 unspecified atom stereocenters. The smallest absolute Gasteiger partial charge is 0.211 e. The molecule has 1 atom stereocenters. The number of hydrogen-bond acceptors (Lipinski definition) is 2. The first kappa shape index (κ1) is 9.45. The van der Waals surface area contributed by atoms with Crippen LogP contribution in [0.3, 0.4) is 0 Å². The Balaban J connectivity index is 2.46. The van der Waals surface area contributed by atoms with E-state index >= 15 is 0 Å². The van der Waals surface area contributed by atoms with Gasteiger partial charge in [0.25, 0.3) is 0 Å². The summed E-state index contributed by atoms with van der Waals surface area (Å²) in [6.07, 6.45) is 4.68. The topological polar surface area (TPSA) is 29.4 Å². The first-order valence-corrected chi connectivity index (χ1v) is 5.04. The van der Waals surface area contributed by atoms with Crippen LogP contribution in [0, 0.1) is 0 Å². The SMILES string of the molecule is O=C=NC1CCCc2ccc(Cl)cc21. The van der Waals surface area contributed by atoms with Gasteiger partial charge in [0.15, 0.2) is 0 Å². The van der Waals surface area contributed by atoms with Crippen LogP contribution in [-0.4, -0.2) is 6.08 Å². The second kappa shape index (κ2) is 3.95. The Labute approximate surface area is 87.6 Å². The molecule has 0 radical (unpaired) electrons. The Morgan fingerprint density at radius 2 is 2.36 bits per heavy atom. The number of hydrogen-bond donors (Lipinski definition) is 0. The van der Waals surface area contributed by atoms with Gasteiger partial charge in [0, 0.05) is 5.02 Å². The van der Waals surface area contributed by atoms with Crippen molar-refractivity contribution in [2.24, 2.45) is 4.99 Å². The molecule has 14 heavy (non-hydrogen) atoms. The minimum absolute atomic E-state index is 0.0325. The average molecular weight is 208 g/mol. The number of carbonyl (C=O) groups excluding carboxylic acids is 1. The minimum atomic E-state index is -0.0325. The van der Waals surface area contributed by atoms with Crippen molar-refractivity contribution in [1.82, 2.24) is 0 Å². The van der Waals surface area contributed by atoms with Gasteiger partial charge in [0.1, 0.15) is 0 Å². The van der Waals surface area contributed by atoms with E-state index in [9.17, 15) is 4.79 Å². The van der Waals surface area contributed by atoms with E-state index < -0.39 is 0 Å². The molecule has 2 nitrogen and oxygen atoms in total. The molecule has 72 valence electrons. The highest BCUT2D eigenvalue weighted by Crippen LogP contribution is 2.33. The van der Waals surface area contributed by atoms with E-state index in [4.69, 9.17) is 11.6 Å². The van der Waals surface area contributed by atoms with Gasteiger partial charge in [-0.2, -0.15) is 4.99 Å². The predicted molar refractivity (Wildman–Crippen MR) is 55.3 cm³/mol. The van der Waals surface area contributed by atoms with Gasteiger partial charge in [-0.05, 0) is 42.5 Å². The molecule has 0 saturated carbocycles. The van der Waals surface area contributed by atoms with E-state index in [1.807, 2.05) is 18.2 Å². The van der Waals surface area contributed by atoms with Crippen molar-refractivity contribution in [3.8, 4) is 0 Å². The summed E-state index contributed by atoms with van der Waals surface area (Å²) in [7, 11) is 0. The normalized spacial score (nSPS) is 19.6. The van der Waals surface area contributed by atoms with Crippen LogP contribution < -0.4 is 0 Å². The second-order valence-electron chi connectivity index (χ2n) is 3.47. The molecule has 1 aliphatic carbocycles. The molecule has 0 fully saturated rings. The number of halogens is 1. The Morgan fingerprint density at radius 1 is 1.50 bits per heavy atom. The average Bonchev–Trinajstić information content (AvgIpc) is 2.19. The lowest BCUT2D eigenvalue weighted by atomic mass is 9.88. The maximum atomic E-state index is 10.2. The molecule has 0 aromatic heterocycles. The molecule has 1 aromatic carbocycles. The monoisotopic (exact) mass is 207 g/mol. The molecular formula is C11H10ClNO. The van der Waals surface area contributed by atoms with E-state index in [1.165, 1.54) is 5.56 Å². The summed E-state index contributed by atoms with van der Waals surface area (Å²) in [6.45, 7) is 0. The summed E-state index contributed by atoms with van der Waals surface area (Å²) in [4.78, 5) is 14.0. The molecule has 1 aromatic rings. The third-order valence-corrected chi connectivity index (χ3v) is 2.83. The Kier molecular flexibility index (Phi) is 2.67. The van der Waals surface area contributed by atoms with Crippen LogP contribution in [0.4, 0.5) is 0 Å². The zero-order chi connectivity index (χ0) is 9.97. The first-order chi connectivity index (χ1) is 6.81. The summed E-state index contributed by atoms with van der Waals surface area (Å²) in [5.74, 6) is 0. The van der Waals surface area contributed by atoms with E-state index in [0.29, 0.717) is 5.02 Å². The number of fused-ring (bicyclic) bond motifs is 1. The summed E-state index contributed by atoms with van der Waals surface area (Å²) in [6, 6.07) is 5.77. The van der Waals surface area contributed by atoms with Gasteiger partial charge < -0.3 is 0 Å². The van der Waals surface area contributed by atoms with Gasteiger partial charge in [-0.1, -0.05) is 17.7 Å². The minimum Gasteiger partial charge on any atom is -0.211 e. The van der Waals surface area contributed by atoms with E-state index in [2.05, 4.69) is 4.99 Å². The molecule has 0 N–H and O–H groups in total. The first-order valence-electron chi connectivity index (χ1n) is 4.66. The van der Waals surface area contributed by atoms with E-state index in [-0.39, 0.29) is 6.04 Å². The molecule has 1 aliphatic rings. The van der Waals surface area contributed by atoms with Crippen molar-refractivity contribution in [1.29, 1.82) is 0 Å². The highest BCUT2D eigenvalue weighted by Gasteiger charge is 2.19. The molecule has 0 heterocycles. The number of isocyanates is 1. The van der Waals surface area contributed by atoms with Gasteiger partial charge in [-0.15, -0.1) is 0 Å². The lowest BCUT2D eigenvalue weighted by molar-refractivity contribution is 0.538. The molecule has 0 bridgehead atoms. The van der Waals surface area contributed by atoms with Gasteiger partial charge in [-0.25, -0.2) is 4.79 Å². The number of aryl methyl sites for hydroxylation is 1. The summed E-state index contributed by atoms with van der Waals surface area (Å²) in [5, 5.41) is 0.705. The van der Waals surface area contributed by atoms with E-state index in [1.54, 1.807) is 6.08 Å². The highest BCUT2D eigenvalue weighted by molar-refractivity contribution is 6.30. The Morgan fingerprint density at radius 3 is 3.14 bits per heavy atom. The molecular weight excluding hydrogens is 198 g/mol. The summed E-state index contributed by atoms with van der Waals surface area (Å²) >= 11 is 5.90. The third-order valence-electron chi connectivity index (χ3n) is 2.60. The van der Waals surface area contributed by atoms with Crippen molar-refractivity contribution in [2.45, 2.75) is 25.3 Å². The van der Waals surface area contributed by atoms with Crippen molar-refractivity contribution >= 4 is 17.7 Å².